The molecule has 3 aliphatic heterocycles. The van der Waals surface area contributed by atoms with Crippen LogP contribution in [0.3, 0.4) is 0 Å². The molecule has 2 N–H and O–H groups in total. The molecule has 2 bridgehead atoms. The molecule has 3 aliphatic rings. The van der Waals surface area contributed by atoms with Gasteiger partial charge in [-0.25, -0.2) is 13.1 Å². The van der Waals surface area contributed by atoms with Gasteiger partial charge in [0.05, 0.1) is 11.5 Å². The van der Waals surface area contributed by atoms with Crippen molar-refractivity contribution in [3.8, 4) is 5.75 Å². The monoisotopic (exact) mass is 308 g/mol. The Hall–Kier alpha value is -1.11. The molecule has 2 saturated heterocycles. The quantitative estimate of drug-likeness (QED) is 0.880. The second-order valence-corrected chi connectivity index (χ2v) is 8.01. The Kier molecular flexibility index (Phi) is 3.20. The average Bonchev–Trinajstić information content (AvgIpc) is 3.04. The second-order valence-electron chi connectivity index (χ2n) is 6.30. The Bertz CT molecular complexity index is 647. The fraction of sp³-hybridized carbons (Fsp3) is 0.600. The van der Waals surface area contributed by atoms with E-state index >= 15 is 0 Å². The minimum absolute atomic E-state index is 0.0539. The smallest absolute Gasteiger partial charge is 0.240 e. The van der Waals surface area contributed by atoms with Crippen molar-refractivity contribution in [1.82, 2.24) is 10.0 Å². The number of ether oxygens (including phenoxy) is 1. The van der Waals surface area contributed by atoms with Crippen molar-refractivity contribution in [2.75, 3.05) is 6.61 Å². The summed E-state index contributed by atoms with van der Waals surface area (Å²) in [5.41, 5.74) is 0.989. The predicted octanol–water partition coefficient (Wildman–Crippen LogP) is 1.18. The van der Waals surface area contributed by atoms with Crippen LogP contribution in [0, 0.1) is 0 Å². The molecule has 4 rings (SSSR count). The Labute approximate surface area is 125 Å². The summed E-state index contributed by atoms with van der Waals surface area (Å²) in [4.78, 5) is 0.359. The van der Waals surface area contributed by atoms with Crippen LogP contribution < -0.4 is 14.8 Å². The Morgan fingerprint density at radius 2 is 1.95 bits per heavy atom. The first kappa shape index (κ1) is 13.5. The van der Waals surface area contributed by atoms with Crippen LogP contribution in [0.15, 0.2) is 23.1 Å². The normalized spacial score (nSPS) is 31.0. The topological polar surface area (TPSA) is 67.4 Å². The molecule has 5 nitrogen and oxygen atoms in total. The number of piperidine rings is 1. The van der Waals surface area contributed by atoms with Gasteiger partial charge < -0.3 is 10.1 Å². The highest BCUT2D eigenvalue weighted by Gasteiger charge is 2.35. The SMILES string of the molecule is O=S(=O)(NC1CC2CCC(C1)N2)c1ccc2c(c1)CCO2. The summed E-state index contributed by atoms with van der Waals surface area (Å²) in [5.74, 6) is 0.814. The highest BCUT2D eigenvalue weighted by Crippen LogP contribution is 2.30. The van der Waals surface area contributed by atoms with E-state index in [0.717, 1.165) is 30.6 Å². The van der Waals surface area contributed by atoms with Crippen molar-refractivity contribution in [3.05, 3.63) is 23.8 Å². The van der Waals surface area contributed by atoms with Gasteiger partial charge in [-0.15, -0.1) is 0 Å². The molecule has 0 aliphatic carbocycles. The number of rotatable bonds is 3. The van der Waals surface area contributed by atoms with Gasteiger partial charge in [-0.2, -0.15) is 0 Å². The van der Waals surface area contributed by atoms with Gasteiger partial charge in [0.1, 0.15) is 5.75 Å². The fourth-order valence-corrected chi connectivity index (χ4v) is 5.08. The highest BCUT2D eigenvalue weighted by molar-refractivity contribution is 7.89. The molecule has 0 spiro atoms. The van der Waals surface area contributed by atoms with E-state index in [2.05, 4.69) is 10.0 Å². The number of fused-ring (bicyclic) bond motifs is 3. The zero-order valence-corrected chi connectivity index (χ0v) is 12.7. The van der Waals surface area contributed by atoms with E-state index in [9.17, 15) is 8.42 Å². The Morgan fingerprint density at radius 3 is 2.71 bits per heavy atom. The predicted molar refractivity (Wildman–Crippen MR) is 78.9 cm³/mol. The van der Waals surface area contributed by atoms with Crippen LogP contribution in [0.25, 0.3) is 0 Å². The molecule has 2 unspecified atom stereocenters. The van der Waals surface area contributed by atoms with Crippen LogP contribution in [0.2, 0.25) is 0 Å². The first-order chi connectivity index (χ1) is 10.1. The number of hydrogen-bond acceptors (Lipinski definition) is 4. The summed E-state index contributed by atoms with van der Waals surface area (Å²) < 4.78 is 33.4. The van der Waals surface area contributed by atoms with E-state index in [1.165, 1.54) is 12.8 Å². The van der Waals surface area contributed by atoms with Crippen molar-refractivity contribution in [1.29, 1.82) is 0 Å². The summed E-state index contributed by atoms with van der Waals surface area (Å²) in [7, 11) is -3.43. The molecule has 6 heteroatoms. The zero-order valence-electron chi connectivity index (χ0n) is 11.8. The van der Waals surface area contributed by atoms with Gasteiger partial charge in [-0.05, 0) is 49.4 Å². The fourth-order valence-electron chi connectivity index (χ4n) is 3.77. The van der Waals surface area contributed by atoms with Gasteiger partial charge in [-0.1, -0.05) is 0 Å². The molecule has 1 aromatic rings. The van der Waals surface area contributed by atoms with Crippen LogP contribution in [0.4, 0.5) is 0 Å². The van der Waals surface area contributed by atoms with Gasteiger partial charge in [0.15, 0.2) is 0 Å². The van der Waals surface area contributed by atoms with Crippen LogP contribution in [0.5, 0.6) is 5.75 Å². The lowest BCUT2D eigenvalue weighted by atomic mass is 10.0. The molecule has 0 amide bonds. The van der Waals surface area contributed by atoms with Crippen molar-refractivity contribution < 1.29 is 13.2 Å². The number of sulfonamides is 1. The summed E-state index contributed by atoms with van der Waals surface area (Å²) >= 11 is 0. The molecule has 2 fully saturated rings. The van der Waals surface area contributed by atoms with E-state index in [4.69, 9.17) is 4.74 Å². The van der Waals surface area contributed by atoms with Crippen LogP contribution in [-0.4, -0.2) is 33.2 Å². The number of hydrogen-bond donors (Lipinski definition) is 2. The van der Waals surface area contributed by atoms with Crippen molar-refractivity contribution in [2.24, 2.45) is 0 Å². The maximum atomic E-state index is 12.6. The summed E-state index contributed by atoms with van der Waals surface area (Å²) in [6.07, 6.45) is 4.90. The average molecular weight is 308 g/mol. The van der Waals surface area contributed by atoms with Crippen molar-refractivity contribution >= 4 is 10.0 Å². The van der Waals surface area contributed by atoms with E-state index < -0.39 is 10.0 Å². The van der Waals surface area contributed by atoms with E-state index in [-0.39, 0.29) is 6.04 Å². The van der Waals surface area contributed by atoms with Gasteiger partial charge >= 0.3 is 0 Å². The van der Waals surface area contributed by atoms with Crippen LogP contribution in [0.1, 0.15) is 31.2 Å². The van der Waals surface area contributed by atoms with Gasteiger partial charge in [0.25, 0.3) is 0 Å². The zero-order chi connectivity index (χ0) is 14.4. The minimum Gasteiger partial charge on any atom is -0.493 e. The van der Waals surface area contributed by atoms with Gasteiger partial charge in [0, 0.05) is 24.5 Å². The van der Waals surface area contributed by atoms with E-state index in [1.54, 1.807) is 18.2 Å². The largest absolute Gasteiger partial charge is 0.493 e. The first-order valence-electron chi connectivity index (χ1n) is 7.64. The summed E-state index contributed by atoms with van der Waals surface area (Å²) in [6.45, 7) is 0.643. The molecule has 1 aromatic carbocycles. The van der Waals surface area contributed by atoms with Crippen LogP contribution >= 0.6 is 0 Å². The summed E-state index contributed by atoms with van der Waals surface area (Å²) in [6, 6.07) is 6.17. The van der Waals surface area contributed by atoms with Gasteiger partial charge in [-0.3, -0.25) is 0 Å². The van der Waals surface area contributed by atoms with Crippen molar-refractivity contribution in [3.63, 3.8) is 0 Å². The summed E-state index contributed by atoms with van der Waals surface area (Å²) in [5, 5.41) is 3.53. The molecular formula is C15H20N2O3S. The van der Waals surface area contributed by atoms with E-state index in [1.807, 2.05) is 0 Å². The molecular weight excluding hydrogens is 288 g/mol. The first-order valence-corrected chi connectivity index (χ1v) is 9.12. The molecule has 0 saturated carbocycles. The van der Waals surface area contributed by atoms with Crippen molar-refractivity contribution in [2.45, 2.75) is 55.1 Å². The third-order valence-electron chi connectivity index (χ3n) is 4.77. The lowest BCUT2D eigenvalue weighted by Crippen LogP contribution is -2.47. The van der Waals surface area contributed by atoms with Gasteiger partial charge in [0.2, 0.25) is 10.0 Å². The molecule has 0 aromatic heterocycles. The highest BCUT2D eigenvalue weighted by atomic mass is 32.2. The Morgan fingerprint density at radius 1 is 1.19 bits per heavy atom. The molecule has 2 atom stereocenters. The third-order valence-corrected chi connectivity index (χ3v) is 6.28. The standard InChI is InChI=1S/C15H20N2O3S/c18-21(19,14-3-4-15-10(7-14)5-6-20-15)17-13-8-11-1-2-12(9-13)16-11/h3-4,7,11-13,16-17H,1-2,5-6,8-9H2. The Balaban J connectivity index is 1.53. The van der Waals surface area contributed by atoms with E-state index in [0.29, 0.717) is 23.6 Å². The molecule has 3 heterocycles. The lowest BCUT2D eigenvalue weighted by molar-refractivity contribution is 0.345. The maximum absolute atomic E-state index is 12.6. The number of nitrogens with one attached hydrogen (secondary N) is 2. The second kappa shape index (κ2) is 4.97. The molecule has 21 heavy (non-hydrogen) atoms. The number of benzene rings is 1. The molecule has 0 radical (unpaired) electrons. The van der Waals surface area contributed by atoms with Crippen LogP contribution in [-0.2, 0) is 16.4 Å². The third kappa shape index (κ3) is 2.56. The maximum Gasteiger partial charge on any atom is 0.240 e. The minimum atomic E-state index is -3.43. The molecule has 114 valence electrons. The lowest BCUT2D eigenvalue weighted by Gasteiger charge is -2.29.